The Hall–Kier alpha value is -1.41. The van der Waals surface area contributed by atoms with E-state index in [2.05, 4.69) is 24.1 Å². The zero-order valence-electron chi connectivity index (χ0n) is 17.8. The van der Waals surface area contributed by atoms with Gasteiger partial charge in [-0.3, -0.25) is 9.69 Å². The highest BCUT2D eigenvalue weighted by molar-refractivity contribution is 6.21. The molecule has 1 aliphatic carbocycles. The van der Waals surface area contributed by atoms with Gasteiger partial charge in [-0.1, -0.05) is 26.7 Å². The minimum Gasteiger partial charge on any atom is -0.477 e. The number of alkyl halides is 1. The third-order valence-corrected chi connectivity index (χ3v) is 7.58. The number of ether oxygens (including phenoxy) is 1. The SMILES string of the molecule is CCCCn1cc(C(=O)O)c(=O)c2c1CC(N1CC3NCCOC3C1)C(CC)C2Cl. The topological polar surface area (TPSA) is 83.8 Å². The van der Waals surface area contributed by atoms with Crippen LogP contribution in [0.2, 0.25) is 0 Å². The Balaban J connectivity index is 1.73. The van der Waals surface area contributed by atoms with Crippen LogP contribution in [0, 0.1) is 5.92 Å². The summed E-state index contributed by atoms with van der Waals surface area (Å²) in [6.07, 6.45) is 5.20. The molecule has 3 aliphatic rings. The lowest BCUT2D eigenvalue weighted by Crippen LogP contribution is -2.48. The van der Waals surface area contributed by atoms with Crippen molar-refractivity contribution in [2.75, 3.05) is 26.2 Å². The van der Waals surface area contributed by atoms with Gasteiger partial charge < -0.3 is 19.7 Å². The van der Waals surface area contributed by atoms with Gasteiger partial charge in [-0.05, 0) is 12.3 Å². The average Bonchev–Trinajstić information content (AvgIpc) is 3.16. The van der Waals surface area contributed by atoms with Crippen LogP contribution in [0.4, 0.5) is 0 Å². The summed E-state index contributed by atoms with van der Waals surface area (Å²) in [5.41, 5.74) is 0.828. The van der Waals surface area contributed by atoms with Crippen molar-refractivity contribution in [1.29, 1.82) is 0 Å². The first-order valence-electron chi connectivity index (χ1n) is 11.2. The number of aromatic carboxylic acids is 1. The molecule has 1 aromatic rings. The van der Waals surface area contributed by atoms with E-state index >= 15 is 0 Å². The number of likely N-dealkylation sites (tertiary alicyclic amines) is 1. The highest BCUT2D eigenvalue weighted by Crippen LogP contribution is 2.42. The van der Waals surface area contributed by atoms with Crippen molar-refractivity contribution in [3.8, 4) is 0 Å². The number of halogens is 1. The molecule has 8 heteroatoms. The molecule has 3 heterocycles. The summed E-state index contributed by atoms with van der Waals surface area (Å²) in [5.74, 6) is -1.09. The van der Waals surface area contributed by atoms with Crippen molar-refractivity contribution < 1.29 is 14.6 Å². The van der Waals surface area contributed by atoms with E-state index in [0.29, 0.717) is 18.2 Å². The lowest BCUT2D eigenvalue weighted by atomic mass is 9.78. The van der Waals surface area contributed by atoms with E-state index in [1.807, 2.05) is 4.57 Å². The van der Waals surface area contributed by atoms with Gasteiger partial charge in [-0.2, -0.15) is 0 Å². The van der Waals surface area contributed by atoms with Crippen molar-refractivity contribution >= 4 is 17.6 Å². The molecule has 1 aromatic heterocycles. The van der Waals surface area contributed by atoms with E-state index in [0.717, 1.165) is 57.6 Å². The standard InChI is InChI=1S/C22H32ClN3O4/c1-3-5-7-25-10-14(22(28)29)21(27)19-17(25)9-16(13(4-2)20(19)23)26-11-15-18(12-26)30-8-6-24-15/h10,13,15-16,18,20,24H,3-9,11-12H2,1-2H3,(H,28,29). The minimum atomic E-state index is -1.18. The van der Waals surface area contributed by atoms with Gasteiger partial charge in [-0.25, -0.2) is 4.79 Å². The summed E-state index contributed by atoms with van der Waals surface area (Å²) in [5, 5.41) is 12.7. The molecule has 0 radical (unpaired) electrons. The molecule has 166 valence electrons. The number of nitrogens with zero attached hydrogens (tertiary/aromatic N) is 2. The maximum absolute atomic E-state index is 13.1. The molecule has 7 nitrogen and oxygen atoms in total. The number of fused-ring (bicyclic) bond motifs is 2. The monoisotopic (exact) mass is 437 g/mol. The van der Waals surface area contributed by atoms with Gasteiger partial charge in [-0.15, -0.1) is 11.6 Å². The number of morpholine rings is 1. The predicted octanol–water partition coefficient (Wildman–Crippen LogP) is 2.25. The largest absolute Gasteiger partial charge is 0.477 e. The molecular weight excluding hydrogens is 406 g/mol. The smallest absolute Gasteiger partial charge is 0.341 e. The second kappa shape index (κ2) is 8.99. The molecule has 0 saturated carbocycles. The number of carbonyl (C=O) groups is 1. The second-order valence-corrected chi connectivity index (χ2v) is 9.22. The third-order valence-electron chi connectivity index (χ3n) is 7.04. The first kappa shape index (κ1) is 21.8. The summed E-state index contributed by atoms with van der Waals surface area (Å²) in [7, 11) is 0. The Morgan fingerprint density at radius 1 is 1.37 bits per heavy atom. The maximum atomic E-state index is 13.1. The highest BCUT2D eigenvalue weighted by Gasteiger charge is 2.45. The van der Waals surface area contributed by atoms with Crippen molar-refractivity contribution in [2.24, 2.45) is 5.92 Å². The van der Waals surface area contributed by atoms with E-state index in [1.165, 1.54) is 6.20 Å². The Morgan fingerprint density at radius 3 is 2.83 bits per heavy atom. The molecule has 2 fully saturated rings. The molecule has 0 spiro atoms. The van der Waals surface area contributed by atoms with Crippen LogP contribution in [0.1, 0.15) is 60.1 Å². The number of unbranched alkanes of at least 4 members (excludes halogenated alkanes) is 1. The zero-order valence-corrected chi connectivity index (χ0v) is 18.5. The quantitative estimate of drug-likeness (QED) is 0.664. The van der Waals surface area contributed by atoms with Gasteiger partial charge in [0, 0.05) is 62.1 Å². The van der Waals surface area contributed by atoms with Crippen molar-refractivity contribution in [2.45, 2.75) is 69.6 Å². The molecular formula is C22H32ClN3O4. The third kappa shape index (κ3) is 3.81. The number of hydrogen-bond donors (Lipinski definition) is 2. The molecule has 2 N–H and O–H groups in total. The molecule has 0 aromatic carbocycles. The normalized spacial score (nSPS) is 31.4. The van der Waals surface area contributed by atoms with Crippen molar-refractivity contribution in [3.05, 3.63) is 33.2 Å². The van der Waals surface area contributed by atoms with Crippen LogP contribution >= 0.6 is 11.6 Å². The zero-order chi connectivity index (χ0) is 21.4. The van der Waals surface area contributed by atoms with Crippen LogP contribution in [0.15, 0.2) is 11.0 Å². The minimum absolute atomic E-state index is 0.0932. The van der Waals surface area contributed by atoms with E-state index < -0.39 is 16.8 Å². The van der Waals surface area contributed by atoms with Crippen LogP contribution < -0.4 is 10.7 Å². The first-order chi connectivity index (χ1) is 14.5. The van der Waals surface area contributed by atoms with Gasteiger partial charge in [0.1, 0.15) is 5.56 Å². The van der Waals surface area contributed by atoms with Gasteiger partial charge in [0.25, 0.3) is 0 Å². The maximum Gasteiger partial charge on any atom is 0.341 e. The van der Waals surface area contributed by atoms with Gasteiger partial charge in [0.05, 0.1) is 18.1 Å². The van der Waals surface area contributed by atoms with Crippen LogP contribution in [0.5, 0.6) is 0 Å². The number of carboxylic acids is 1. The van der Waals surface area contributed by atoms with E-state index in [1.54, 1.807) is 0 Å². The molecule has 5 atom stereocenters. The Kier molecular flexibility index (Phi) is 6.53. The number of carboxylic acid groups (broad SMARTS) is 1. The number of pyridine rings is 1. The van der Waals surface area contributed by atoms with E-state index in [4.69, 9.17) is 16.3 Å². The number of nitrogens with one attached hydrogen (secondary N) is 1. The van der Waals surface area contributed by atoms with Crippen LogP contribution in [0.3, 0.4) is 0 Å². The van der Waals surface area contributed by atoms with E-state index in [-0.39, 0.29) is 23.6 Å². The fourth-order valence-electron chi connectivity index (χ4n) is 5.45. The summed E-state index contributed by atoms with van der Waals surface area (Å²) in [6.45, 7) is 8.31. The van der Waals surface area contributed by atoms with Gasteiger partial charge in [0.15, 0.2) is 0 Å². The summed E-state index contributed by atoms with van der Waals surface area (Å²) in [4.78, 5) is 27.3. The summed E-state index contributed by atoms with van der Waals surface area (Å²) < 4.78 is 7.95. The summed E-state index contributed by atoms with van der Waals surface area (Å²) >= 11 is 6.95. The van der Waals surface area contributed by atoms with E-state index in [9.17, 15) is 14.7 Å². The fraction of sp³-hybridized carbons (Fsp3) is 0.727. The fourth-order valence-corrected chi connectivity index (χ4v) is 6.02. The molecule has 0 amide bonds. The number of hydrogen-bond acceptors (Lipinski definition) is 5. The summed E-state index contributed by atoms with van der Waals surface area (Å²) in [6, 6.07) is 0.548. The first-order valence-corrected chi connectivity index (χ1v) is 11.6. The van der Waals surface area contributed by atoms with Crippen molar-refractivity contribution in [3.63, 3.8) is 0 Å². The molecule has 30 heavy (non-hydrogen) atoms. The Labute approximate surface area is 182 Å². The number of aryl methyl sites for hydroxylation is 1. The van der Waals surface area contributed by atoms with Crippen LogP contribution in [-0.2, 0) is 17.7 Å². The predicted molar refractivity (Wildman–Crippen MR) is 116 cm³/mol. The lowest BCUT2D eigenvalue weighted by Gasteiger charge is -2.42. The van der Waals surface area contributed by atoms with Crippen molar-refractivity contribution in [1.82, 2.24) is 14.8 Å². The Bertz CT molecular complexity index is 844. The molecule has 2 saturated heterocycles. The molecule has 4 rings (SSSR count). The second-order valence-electron chi connectivity index (χ2n) is 8.75. The van der Waals surface area contributed by atoms with Gasteiger partial charge in [0.2, 0.25) is 5.43 Å². The number of aromatic nitrogens is 1. The lowest BCUT2D eigenvalue weighted by molar-refractivity contribution is 0.0147. The molecule has 2 aliphatic heterocycles. The average molecular weight is 438 g/mol. The highest BCUT2D eigenvalue weighted by atomic mass is 35.5. The molecule has 5 unspecified atom stereocenters. The van der Waals surface area contributed by atoms with Crippen LogP contribution in [-0.4, -0.2) is 65.0 Å². The number of rotatable bonds is 6. The Morgan fingerprint density at radius 2 is 2.17 bits per heavy atom. The molecule has 0 bridgehead atoms. The van der Waals surface area contributed by atoms with Gasteiger partial charge >= 0.3 is 5.97 Å². The van der Waals surface area contributed by atoms with Crippen LogP contribution in [0.25, 0.3) is 0 Å².